The third-order valence-corrected chi connectivity index (χ3v) is 1.88. The standard InChI is InChI=1S/C8H15NO5/c1-5(7(10)13-3)9(12)6(2)8(11)14-4/h5-6,12H,1-4H3. The Bertz CT molecular complexity index is 196. The minimum absolute atomic E-state index is 0.595. The second-order valence-electron chi connectivity index (χ2n) is 2.78. The molecule has 0 bridgehead atoms. The molecule has 0 spiro atoms. The molecule has 2 atom stereocenters. The van der Waals surface area contributed by atoms with E-state index in [2.05, 4.69) is 9.47 Å². The van der Waals surface area contributed by atoms with Gasteiger partial charge in [-0.2, -0.15) is 5.06 Å². The number of nitrogens with zero attached hydrogens (tertiary/aromatic N) is 1. The summed E-state index contributed by atoms with van der Waals surface area (Å²) < 4.78 is 8.81. The van der Waals surface area contributed by atoms with Crippen LogP contribution in [-0.4, -0.2) is 48.5 Å². The van der Waals surface area contributed by atoms with Crippen molar-refractivity contribution in [2.75, 3.05) is 14.2 Å². The molecule has 0 aliphatic heterocycles. The van der Waals surface area contributed by atoms with Gasteiger partial charge in [0.05, 0.1) is 14.2 Å². The Morgan fingerprint density at radius 2 is 1.36 bits per heavy atom. The van der Waals surface area contributed by atoms with E-state index in [-0.39, 0.29) is 0 Å². The van der Waals surface area contributed by atoms with E-state index in [0.717, 1.165) is 0 Å². The van der Waals surface area contributed by atoms with E-state index in [4.69, 9.17) is 0 Å². The molecule has 0 saturated carbocycles. The molecule has 6 nitrogen and oxygen atoms in total. The maximum atomic E-state index is 11.0. The molecule has 0 aliphatic rings. The molecule has 14 heavy (non-hydrogen) atoms. The van der Waals surface area contributed by atoms with Crippen LogP contribution in [0.15, 0.2) is 0 Å². The predicted molar refractivity (Wildman–Crippen MR) is 46.6 cm³/mol. The van der Waals surface area contributed by atoms with Crippen LogP contribution in [0.5, 0.6) is 0 Å². The summed E-state index contributed by atoms with van der Waals surface area (Å²) in [5.74, 6) is -1.24. The quantitative estimate of drug-likeness (QED) is 0.506. The van der Waals surface area contributed by atoms with Gasteiger partial charge in [-0.05, 0) is 13.8 Å². The van der Waals surface area contributed by atoms with E-state index >= 15 is 0 Å². The predicted octanol–water partition coefficient (Wildman–Crippen LogP) is -0.199. The van der Waals surface area contributed by atoms with Crippen LogP contribution in [0.1, 0.15) is 13.8 Å². The smallest absolute Gasteiger partial charge is 0.325 e. The Balaban J connectivity index is 4.37. The zero-order valence-corrected chi connectivity index (χ0v) is 8.68. The van der Waals surface area contributed by atoms with Gasteiger partial charge in [-0.3, -0.25) is 9.59 Å². The monoisotopic (exact) mass is 205 g/mol. The van der Waals surface area contributed by atoms with Gasteiger partial charge in [-0.15, -0.1) is 0 Å². The molecular formula is C8H15NO5. The maximum absolute atomic E-state index is 11.0. The van der Waals surface area contributed by atoms with Crippen molar-refractivity contribution in [3.63, 3.8) is 0 Å². The third-order valence-electron chi connectivity index (χ3n) is 1.88. The lowest BCUT2D eigenvalue weighted by Gasteiger charge is -2.24. The number of hydroxylamine groups is 2. The Morgan fingerprint density at radius 3 is 1.57 bits per heavy atom. The van der Waals surface area contributed by atoms with Crippen LogP contribution < -0.4 is 0 Å². The molecule has 0 aromatic carbocycles. The van der Waals surface area contributed by atoms with Gasteiger partial charge in [0.25, 0.3) is 0 Å². The fourth-order valence-electron chi connectivity index (χ4n) is 0.893. The number of carbonyl (C=O) groups excluding carboxylic acids is 2. The summed E-state index contributed by atoms with van der Waals surface area (Å²) in [5, 5.41) is 10.0. The van der Waals surface area contributed by atoms with Crippen LogP contribution in [0.3, 0.4) is 0 Å². The lowest BCUT2D eigenvalue weighted by molar-refractivity contribution is -0.192. The van der Waals surface area contributed by atoms with E-state index in [1.54, 1.807) is 0 Å². The van der Waals surface area contributed by atoms with Crippen LogP contribution in [0.2, 0.25) is 0 Å². The minimum Gasteiger partial charge on any atom is -0.468 e. The first-order chi connectivity index (χ1) is 6.45. The Labute approximate surface area is 82.4 Å². The van der Waals surface area contributed by atoms with Crippen molar-refractivity contribution in [3.05, 3.63) is 0 Å². The molecule has 82 valence electrons. The van der Waals surface area contributed by atoms with E-state index < -0.39 is 24.0 Å². The Kier molecular flexibility index (Phi) is 5.11. The van der Waals surface area contributed by atoms with Crippen molar-refractivity contribution < 1.29 is 24.3 Å². The zero-order chi connectivity index (χ0) is 11.3. The van der Waals surface area contributed by atoms with Crippen molar-refractivity contribution in [2.45, 2.75) is 25.9 Å². The number of hydrogen-bond acceptors (Lipinski definition) is 6. The summed E-state index contributed by atoms with van der Waals surface area (Å²) in [5.41, 5.74) is 0. The number of methoxy groups -OCH3 is 2. The fourth-order valence-corrected chi connectivity index (χ4v) is 0.893. The molecular weight excluding hydrogens is 190 g/mol. The summed E-state index contributed by atoms with van der Waals surface area (Å²) in [4.78, 5) is 22.0. The van der Waals surface area contributed by atoms with Gasteiger partial charge in [0, 0.05) is 0 Å². The second-order valence-corrected chi connectivity index (χ2v) is 2.78. The average Bonchev–Trinajstić information content (AvgIpc) is 2.23. The van der Waals surface area contributed by atoms with Crippen molar-refractivity contribution in [1.29, 1.82) is 0 Å². The Hall–Kier alpha value is -1.14. The van der Waals surface area contributed by atoms with Crippen LogP contribution in [0.4, 0.5) is 0 Å². The normalized spacial score (nSPS) is 14.7. The molecule has 0 heterocycles. The number of esters is 2. The lowest BCUT2D eigenvalue weighted by atomic mass is 10.2. The molecule has 0 fully saturated rings. The van der Waals surface area contributed by atoms with Gasteiger partial charge in [-0.1, -0.05) is 0 Å². The summed E-state index contributed by atoms with van der Waals surface area (Å²) in [6.07, 6.45) is 0. The highest BCUT2D eigenvalue weighted by Crippen LogP contribution is 2.04. The number of rotatable bonds is 4. The van der Waals surface area contributed by atoms with Crippen LogP contribution >= 0.6 is 0 Å². The van der Waals surface area contributed by atoms with E-state index in [0.29, 0.717) is 5.06 Å². The van der Waals surface area contributed by atoms with Crippen molar-refractivity contribution in [3.8, 4) is 0 Å². The van der Waals surface area contributed by atoms with Gasteiger partial charge < -0.3 is 14.7 Å². The van der Waals surface area contributed by atoms with Crippen molar-refractivity contribution in [1.82, 2.24) is 5.06 Å². The number of ether oxygens (including phenoxy) is 2. The van der Waals surface area contributed by atoms with Gasteiger partial charge >= 0.3 is 11.9 Å². The molecule has 6 heteroatoms. The molecule has 0 rings (SSSR count). The molecule has 0 radical (unpaired) electrons. The van der Waals surface area contributed by atoms with Gasteiger partial charge in [0.2, 0.25) is 0 Å². The second kappa shape index (κ2) is 5.56. The van der Waals surface area contributed by atoms with Gasteiger partial charge in [0.1, 0.15) is 12.1 Å². The summed E-state index contributed by atoms with van der Waals surface area (Å²) >= 11 is 0. The van der Waals surface area contributed by atoms with Crippen LogP contribution in [-0.2, 0) is 19.1 Å². The highest BCUT2D eigenvalue weighted by Gasteiger charge is 2.29. The van der Waals surface area contributed by atoms with Crippen molar-refractivity contribution in [2.24, 2.45) is 0 Å². The molecule has 0 amide bonds. The molecule has 1 N–H and O–H groups in total. The molecule has 0 saturated heterocycles. The van der Waals surface area contributed by atoms with Crippen LogP contribution in [0.25, 0.3) is 0 Å². The van der Waals surface area contributed by atoms with Gasteiger partial charge in [0.15, 0.2) is 0 Å². The third kappa shape index (κ3) is 2.97. The van der Waals surface area contributed by atoms with E-state index in [1.807, 2.05) is 0 Å². The summed E-state index contributed by atoms with van der Waals surface area (Å²) in [7, 11) is 2.41. The van der Waals surface area contributed by atoms with Crippen LogP contribution in [0, 0.1) is 0 Å². The fraction of sp³-hybridized carbons (Fsp3) is 0.750. The molecule has 0 aromatic heterocycles. The first kappa shape index (κ1) is 12.9. The molecule has 0 aliphatic carbocycles. The topological polar surface area (TPSA) is 76.1 Å². The van der Waals surface area contributed by atoms with E-state index in [1.165, 1.54) is 28.1 Å². The minimum atomic E-state index is -0.908. The summed E-state index contributed by atoms with van der Waals surface area (Å²) in [6, 6.07) is -1.82. The maximum Gasteiger partial charge on any atom is 0.325 e. The average molecular weight is 205 g/mol. The first-order valence-corrected chi connectivity index (χ1v) is 4.08. The highest BCUT2D eigenvalue weighted by molar-refractivity contribution is 5.78. The summed E-state index contributed by atoms with van der Waals surface area (Å²) in [6.45, 7) is 2.84. The first-order valence-electron chi connectivity index (χ1n) is 4.08. The number of carbonyl (C=O) groups is 2. The van der Waals surface area contributed by atoms with Crippen molar-refractivity contribution >= 4 is 11.9 Å². The molecule has 0 aromatic rings. The molecule has 2 unspecified atom stereocenters. The Morgan fingerprint density at radius 1 is 1.07 bits per heavy atom. The SMILES string of the molecule is COC(=O)C(C)N(O)C(C)C(=O)OC. The largest absolute Gasteiger partial charge is 0.468 e. The zero-order valence-electron chi connectivity index (χ0n) is 8.68. The lowest BCUT2D eigenvalue weighted by Crippen LogP contribution is -2.46. The highest BCUT2D eigenvalue weighted by atomic mass is 16.6. The van der Waals surface area contributed by atoms with E-state index in [9.17, 15) is 14.8 Å². The van der Waals surface area contributed by atoms with Gasteiger partial charge in [-0.25, -0.2) is 0 Å². The number of hydrogen-bond donors (Lipinski definition) is 1.